The van der Waals surface area contributed by atoms with Gasteiger partial charge in [0.2, 0.25) is 12.0 Å². The first-order valence-electron chi connectivity index (χ1n) is 9.37. The predicted molar refractivity (Wildman–Crippen MR) is 106 cm³/mol. The van der Waals surface area contributed by atoms with E-state index in [4.69, 9.17) is 13.9 Å². The lowest BCUT2D eigenvalue weighted by atomic mass is 9.99. The van der Waals surface area contributed by atoms with E-state index < -0.39 is 60.0 Å². The van der Waals surface area contributed by atoms with Crippen molar-refractivity contribution in [1.29, 1.82) is 0 Å². The molecule has 0 saturated carbocycles. The molecule has 0 unspecified atom stereocenters. The number of aromatic hydroxyl groups is 2. The Morgan fingerprint density at radius 3 is 2.32 bits per heavy atom. The molecule has 164 valence electrons. The number of phenolic OH excluding ortho intramolecular Hbond substituents is 2. The van der Waals surface area contributed by atoms with Gasteiger partial charge in [0.05, 0.1) is 6.61 Å². The van der Waals surface area contributed by atoms with Gasteiger partial charge in [-0.25, -0.2) is 0 Å². The Morgan fingerprint density at radius 1 is 0.935 bits per heavy atom. The van der Waals surface area contributed by atoms with Crippen LogP contribution in [0.25, 0.3) is 22.3 Å². The molecule has 1 aromatic heterocycles. The molecule has 2 heterocycles. The number of fused-ring (bicyclic) bond motifs is 1. The first kappa shape index (κ1) is 21.1. The average Bonchev–Trinajstić information content (AvgIpc) is 2.77. The summed E-state index contributed by atoms with van der Waals surface area (Å²) in [6, 6.07) is 11.0. The minimum Gasteiger partial charge on any atom is -0.504 e. The lowest BCUT2D eigenvalue weighted by molar-refractivity contribution is -0.277. The van der Waals surface area contributed by atoms with Gasteiger partial charge in [-0.3, -0.25) is 4.79 Å². The number of aliphatic hydroxyl groups excluding tert-OH is 4. The van der Waals surface area contributed by atoms with Gasteiger partial charge in [0, 0.05) is 17.7 Å². The Labute approximate surface area is 174 Å². The fourth-order valence-electron chi connectivity index (χ4n) is 3.39. The van der Waals surface area contributed by atoms with Crippen LogP contribution in [0.1, 0.15) is 0 Å². The van der Waals surface area contributed by atoms with Crippen molar-refractivity contribution in [3.05, 3.63) is 52.7 Å². The van der Waals surface area contributed by atoms with Gasteiger partial charge in [0.15, 0.2) is 16.9 Å². The number of ether oxygens (including phenoxy) is 2. The highest BCUT2D eigenvalue weighted by Crippen LogP contribution is 2.42. The molecule has 10 nitrogen and oxygen atoms in total. The third-order valence-corrected chi connectivity index (χ3v) is 5.08. The highest BCUT2D eigenvalue weighted by Gasteiger charge is 2.45. The van der Waals surface area contributed by atoms with Gasteiger partial charge < -0.3 is 44.5 Å². The van der Waals surface area contributed by atoms with Crippen LogP contribution in [0, 0.1) is 0 Å². The molecule has 1 fully saturated rings. The van der Waals surface area contributed by atoms with E-state index in [9.17, 15) is 35.4 Å². The summed E-state index contributed by atoms with van der Waals surface area (Å²) < 4.78 is 16.4. The highest BCUT2D eigenvalue weighted by atomic mass is 16.7. The number of aliphatic hydroxyl groups is 4. The van der Waals surface area contributed by atoms with Crippen LogP contribution in [-0.2, 0) is 4.74 Å². The van der Waals surface area contributed by atoms with E-state index in [0.717, 1.165) is 6.07 Å². The van der Waals surface area contributed by atoms with E-state index in [0.29, 0.717) is 5.56 Å². The molecule has 2 aromatic carbocycles. The van der Waals surface area contributed by atoms with Crippen LogP contribution in [-0.4, -0.2) is 68.0 Å². The first-order chi connectivity index (χ1) is 14.8. The molecule has 5 atom stereocenters. The summed E-state index contributed by atoms with van der Waals surface area (Å²) in [5.41, 5.74) is -0.112. The fraction of sp³-hybridized carbons (Fsp3) is 0.286. The summed E-state index contributed by atoms with van der Waals surface area (Å²) in [4.78, 5) is 12.5. The minimum atomic E-state index is -1.74. The average molecular weight is 432 g/mol. The zero-order chi connectivity index (χ0) is 22.3. The third-order valence-electron chi connectivity index (χ3n) is 5.08. The first-order valence-corrected chi connectivity index (χ1v) is 9.37. The highest BCUT2D eigenvalue weighted by molar-refractivity contribution is 5.89. The summed E-state index contributed by atoms with van der Waals surface area (Å²) in [7, 11) is 0. The Morgan fingerprint density at radius 2 is 1.65 bits per heavy atom. The van der Waals surface area contributed by atoms with Gasteiger partial charge in [-0.2, -0.15) is 0 Å². The molecule has 0 amide bonds. The topological polar surface area (TPSA) is 170 Å². The van der Waals surface area contributed by atoms with E-state index in [2.05, 4.69) is 0 Å². The van der Waals surface area contributed by atoms with Crippen molar-refractivity contribution in [2.75, 3.05) is 6.61 Å². The van der Waals surface area contributed by atoms with Crippen LogP contribution < -0.4 is 10.2 Å². The Kier molecular flexibility index (Phi) is 5.56. The lowest BCUT2D eigenvalue weighted by Gasteiger charge is -2.39. The van der Waals surface area contributed by atoms with Gasteiger partial charge in [0.25, 0.3) is 0 Å². The Hall–Kier alpha value is -3.15. The summed E-state index contributed by atoms with van der Waals surface area (Å²) in [6.07, 6.45) is -7.87. The smallest absolute Gasteiger partial charge is 0.229 e. The maximum absolute atomic E-state index is 12.5. The number of rotatable bonds is 4. The van der Waals surface area contributed by atoms with Gasteiger partial charge >= 0.3 is 0 Å². The number of benzene rings is 2. The number of phenols is 2. The molecule has 1 aliphatic heterocycles. The molecule has 3 aromatic rings. The summed E-state index contributed by atoms with van der Waals surface area (Å²) in [5, 5.41) is 59.6. The molecule has 0 aliphatic carbocycles. The van der Waals surface area contributed by atoms with Crippen LogP contribution in [0.15, 0.2) is 51.7 Å². The molecule has 0 bridgehead atoms. The van der Waals surface area contributed by atoms with E-state index in [-0.39, 0.29) is 16.7 Å². The predicted octanol–water partition coefficient (Wildman–Crippen LogP) is 0.0499. The molecule has 10 heteroatoms. The van der Waals surface area contributed by atoms with Crippen molar-refractivity contribution < 1.29 is 44.5 Å². The van der Waals surface area contributed by atoms with Crippen molar-refractivity contribution in [3.8, 4) is 28.6 Å². The Balaban J connectivity index is 1.76. The van der Waals surface area contributed by atoms with E-state index in [1.165, 1.54) is 6.07 Å². The molecule has 1 aliphatic rings. The quantitative estimate of drug-likeness (QED) is 0.310. The monoisotopic (exact) mass is 432 g/mol. The molecule has 6 N–H and O–H groups in total. The number of hydrogen-bond acceptors (Lipinski definition) is 10. The zero-order valence-corrected chi connectivity index (χ0v) is 16.0. The van der Waals surface area contributed by atoms with Crippen LogP contribution >= 0.6 is 0 Å². The second-order valence-corrected chi connectivity index (χ2v) is 7.10. The molecular formula is C21H20O10. The van der Waals surface area contributed by atoms with Crippen LogP contribution in [0.3, 0.4) is 0 Å². The molecule has 31 heavy (non-hydrogen) atoms. The molecule has 4 rings (SSSR count). The fourth-order valence-corrected chi connectivity index (χ4v) is 3.39. The van der Waals surface area contributed by atoms with Crippen LogP contribution in [0.5, 0.6) is 17.2 Å². The molecule has 0 spiro atoms. The SMILES string of the molecule is O=c1cc(-c2ccccc2)oc2cc(O[C@H]3O[C@@H](CO)[C@@H](O)[C@@H](O)[C@H]3O)c(O)c(O)c12. The van der Waals surface area contributed by atoms with Crippen molar-refractivity contribution in [2.24, 2.45) is 0 Å². The van der Waals surface area contributed by atoms with E-state index in [1.54, 1.807) is 30.3 Å². The summed E-state index contributed by atoms with van der Waals surface area (Å²) in [5.74, 6) is -1.82. The van der Waals surface area contributed by atoms with E-state index in [1.807, 2.05) is 0 Å². The minimum absolute atomic E-state index is 0.110. The van der Waals surface area contributed by atoms with Crippen LogP contribution in [0.4, 0.5) is 0 Å². The second kappa shape index (κ2) is 8.17. The van der Waals surface area contributed by atoms with Gasteiger partial charge in [-0.1, -0.05) is 30.3 Å². The van der Waals surface area contributed by atoms with E-state index >= 15 is 0 Å². The van der Waals surface area contributed by atoms with Gasteiger partial charge in [-0.05, 0) is 0 Å². The van der Waals surface area contributed by atoms with Gasteiger partial charge in [0.1, 0.15) is 41.1 Å². The van der Waals surface area contributed by atoms with Crippen molar-refractivity contribution in [3.63, 3.8) is 0 Å². The third kappa shape index (κ3) is 3.71. The summed E-state index contributed by atoms with van der Waals surface area (Å²) in [6.45, 7) is -0.672. The van der Waals surface area contributed by atoms with Crippen molar-refractivity contribution >= 4 is 11.0 Å². The maximum atomic E-state index is 12.5. The largest absolute Gasteiger partial charge is 0.504 e. The second-order valence-electron chi connectivity index (χ2n) is 7.10. The van der Waals surface area contributed by atoms with Crippen molar-refractivity contribution in [2.45, 2.75) is 30.7 Å². The van der Waals surface area contributed by atoms with Crippen molar-refractivity contribution in [1.82, 2.24) is 0 Å². The molecule has 0 radical (unpaired) electrons. The normalized spacial score (nSPS) is 26.1. The zero-order valence-electron chi connectivity index (χ0n) is 16.0. The van der Waals surface area contributed by atoms with Gasteiger partial charge in [-0.15, -0.1) is 0 Å². The summed E-state index contributed by atoms with van der Waals surface area (Å²) >= 11 is 0. The van der Waals surface area contributed by atoms with Crippen LogP contribution in [0.2, 0.25) is 0 Å². The Bertz CT molecular complexity index is 1140. The lowest BCUT2D eigenvalue weighted by Crippen LogP contribution is -2.60. The maximum Gasteiger partial charge on any atom is 0.229 e. The number of hydrogen-bond donors (Lipinski definition) is 6. The molecule has 1 saturated heterocycles. The standard InChI is InChI=1S/C21H20O10/c22-8-14-17(25)19(27)20(28)21(31-14)30-13-7-12-15(18(26)16(13)24)10(23)6-11(29-12)9-4-2-1-3-5-9/h1-7,14,17,19-22,24-28H,8H2/t14-,17+,19+,20+,21-/m0/s1. The molecular weight excluding hydrogens is 412 g/mol.